The van der Waals surface area contributed by atoms with Gasteiger partial charge in [0, 0.05) is 30.2 Å². The summed E-state index contributed by atoms with van der Waals surface area (Å²) in [6.07, 6.45) is -7.61. The Morgan fingerprint density at radius 2 is 1.43 bits per heavy atom. The molecular formula is C31H31F6N5O3S. The average Bonchev–Trinajstić information content (AvgIpc) is 3.02. The van der Waals surface area contributed by atoms with Crippen molar-refractivity contribution in [1.82, 2.24) is 14.7 Å². The van der Waals surface area contributed by atoms with E-state index in [1.54, 1.807) is 7.11 Å². The fraction of sp³-hybridized carbons (Fsp3) is 0.355. The Hall–Kier alpha value is -4.11. The van der Waals surface area contributed by atoms with Crippen LogP contribution in [0.15, 0.2) is 71.6 Å². The molecule has 0 spiro atoms. The van der Waals surface area contributed by atoms with Crippen molar-refractivity contribution in [3.8, 4) is 5.75 Å². The second-order valence-electron chi connectivity index (χ2n) is 11.1. The molecule has 0 unspecified atom stereocenters. The Bertz CT molecular complexity index is 1760. The molecule has 0 saturated heterocycles. The lowest BCUT2D eigenvalue weighted by Gasteiger charge is -2.28. The van der Waals surface area contributed by atoms with Crippen LogP contribution >= 0.6 is 0 Å². The van der Waals surface area contributed by atoms with Crippen LogP contribution in [0.25, 0.3) is 10.9 Å². The molecule has 1 fully saturated rings. The van der Waals surface area contributed by atoms with Crippen LogP contribution in [0.4, 0.5) is 43.8 Å². The summed E-state index contributed by atoms with van der Waals surface area (Å²) in [5, 5.41) is 7.46. The second-order valence-corrected chi connectivity index (χ2v) is 12.9. The SMILES string of the molecule is COc1cccc(Nc2nc(NC[C@H]3CC[C@H](CNS(=O)(=O)c4cc(C(F)(F)F)cc(C(F)(F)F)c4)CC3)nc3ccccc23)c1. The first kappa shape index (κ1) is 33.3. The van der Waals surface area contributed by atoms with Crippen LogP contribution in [-0.2, 0) is 22.4 Å². The highest BCUT2D eigenvalue weighted by molar-refractivity contribution is 7.89. The van der Waals surface area contributed by atoms with E-state index in [-0.39, 0.29) is 36.6 Å². The summed E-state index contributed by atoms with van der Waals surface area (Å²) in [6, 6.07) is 15.3. The predicted octanol–water partition coefficient (Wildman–Crippen LogP) is 7.62. The Morgan fingerprint density at radius 1 is 0.804 bits per heavy atom. The van der Waals surface area contributed by atoms with E-state index in [0.717, 1.165) is 29.4 Å². The summed E-state index contributed by atoms with van der Waals surface area (Å²) in [6.45, 7) is 0.451. The van der Waals surface area contributed by atoms with Gasteiger partial charge in [-0.05, 0) is 80.0 Å². The van der Waals surface area contributed by atoms with E-state index in [9.17, 15) is 34.8 Å². The van der Waals surface area contributed by atoms with Crippen molar-refractivity contribution in [2.45, 2.75) is 42.9 Å². The summed E-state index contributed by atoms with van der Waals surface area (Å²) in [5.74, 6) is 1.82. The Morgan fingerprint density at radius 3 is 2.07 bits per heavy atom. The third kappa shape index (κ3) is 8.18. The molecule has 0 atom stereocenters. The largest absolute Gasteiger partial charge is 0.497 e. The minimum absolute atomic E-state index is 0.102. The number of fused-ring (bicyclic) bond motifs is 1. The maximum absolute atomic E-state index is 13.2. The van der Waals surface area contributed by atoms with Crippen LogP contribution in [0.3, 0.4) is 0 Å². The topological polar surface area (TPSA) is 105 Å². The molecule has 1 heterocycles. The second kappa shape index (κ2) is 13.3. The number of anilines is 3. The van der Waals surface area contributed by atoms with Crippen LogP contribution in [0, 0.1) is 11.8 Å². The number of nitrogens with zero attached hydrogens (tertiary/aromatic N) is 2. The first-order chi connectivity index (χ1) is 21.7. The molecule has 5 rings (SSSR count). The zero-order valence-corrected chi connectivity index (χ0v) is 25.4. The fourth-order valence-corrected chi connectivity index (χ4v) is 6.54. The molecule has 0 bridgehead atoms. The van der Waals surface area contributed by atoms with Gasteiger partial charge in [-0.3, -0.25) is 0 Å². The van der Waals surface area contributed by atoms with Gasteiger partial charge in [-0.2, -0.15) is 31.3 Å². The molecule has 246 valence electrons. The molecule has 3 aromatic carbocycles. The summed E-state index contributed by atoms with van der Waals surface area (Å²) in [5.41, 5.74) is -1.84. The van der Waals surface area contributed by atoms with Crippen molar-refractivity contribution in [2.24, 2.45) is 11.8 Å². The number of nitrogens with one attached hydrogen (secondary N) is 3. The van der Waals surface area contributed by atoms with E-state index < -0.39 is 38.4 Å². The normalized spacial score (nSPS) is 17.5. The number of benzene rings is 3. The number of halogens is 6. The van der Waals surface area contributed by atoms with Gasteiger partial charge in [-0.1, -0.05) is 18.2 Å². The van der Waals surface area contributed by atoms with Crippen LogP contribution in [0.5, 0.6) is 5.75 Å². The number of rotatable bonds is 10. The van der Waals surface area contributed by atoms with Gasteiger partial charge in [-0.25, -0.2) is 18.1 Å². The number of sulfonamides is 1. The molecule has 0 amide bonds. The molecule has 1 saturated carbocycles. The van der Waals surface area contributed by atoms with E-state index in [0.29, 0.717) is 36.9 Å². The van der Waals surface area contributed by atoms with Gasteiger partial charge in [0.15, 0.2) is 0 Å². The van der Waals surface area contributed by atoms with Gasteiger partial charge in [0.2, 0.25) is 16.0 Å². The zero-order chi connectivity index (χ0) is 33.1. The minimum Gasteiger partial charge on any atom is -0.497 e. The van der Waals surface area contributed by atoms with Gasteiger partial charge in [0.25, 0.3) is 0 Å². The molecule has 3 N–H and O–H groups in total. The quantitative estimate of drug-likeness (QED) is 0.150. The first-order valence-corrected chi connectivity index (χ1v) is 15.9. The molecule has 0 radical (unpaired) electrons. The van der Waals surface area contributed by atoms with Crippen molar-refractivity contribution in [3.63, 3.8) is 0 Å². The maximum Gasteiger partial charge on any atom is 0.416 e. The highest BCUT2D eigenvalue weighted by Gasteiger charge is 2.38. The Kier molecular flexibility index (Phi) is 9.63. The van der Waals surface area contributed by atoms with Gasteiger partial charge in [0.05, 0.1) is 28.6 Å². The predicted molar refractivity (Wildman–Crippen MR) is 161 cm³/mol. The zero-order valence-electron chi connectivity index (χ0n) is 24.5. The summed E-state index contributed by atoms with van der Waals surface area (Å²) in [4.78, 5) is 8.24. The summed E-state index contributed by atoms with van der Waals surface area (Å²) in [7, 11) is -3.04. The van der Waals surface area contributed by atoms with Crippen molar-refractivity contribution >= 4 is 38.4 Å². The molecule has 46 heavy (non-hydrogen) atoms. The van der Waals surface area contributed by atoms with Crippen molar-refractivity contribution in [3.05, 3.63) is 77.9 Å². The molecule has 15 heteroatoms. The molecule has 1 aliphatic rings. The van der Waals surface area contributed by atoms with Crippen LogP contribution in [-0.4, -0.2) is 38.6 Å². The Labute approximate surface area is 261 Å². The molecule has 1 aromatic heterocycles. The number of ether oxygens (including phenoxy) is 1. The van der Waals surface area contributed by atoms with Crippen molar-refractivity contribution in [1.29, 1.82) is 0 Å². The highest BCUT2D eigenvalue weighted by Crippen LogP contribution is 2.37. The standard InChI is InChI=1S/C31H31F6N5O3S/c1-45-24-6-4-5-23(16-24)40-28-26-7-2-3-8-27(26)41-29(42-28)38-17-19-9-11-20(12-10-19)18-39-46(43,44)25-14-21(30(32,33)34)13-22(15-25)31(35,36)37/h2-8,13-16,19-20,39H,9-12,17-18H2,1H3,(H2,38,40,41,42)/t19-,20-. The molecule has 8 nitrogen and oxygen atoms in total. The van der Waals surface area contributed by atoms with E-state index >= 15 is 0 Å². The van der Waals surface area contributed by atoms with E-state index in [1.807, 2.05) is 48.5 Å². The molecular weight excluding hydrogens is 636 g/mol. The van der Waals surface area contributed by atoms with Gasteiger partial charge in [-0.15, -0.1) is 0 Å². The number of alkyl halides is 6. The van der Waals surface area contributed by atoms with E-state index in [2.05, 4.69) is 25.3 Å². The third-order valence-electron chi connectivity index (χ3n) is 7.88. The number of para-hydroxylation sites is 1. The monoisotopic (exact) mass is 667 g/mol. The smallest absolute Gasteiger partial charge is 0.416 e. The summed E-state index contributed by atoms with van der Waals surface area (Å²) >= 11 is 0. The van der Waals surface area contributed by atoms with E-state index in [1.165, 1.54) is 0 Å². The fourth-order valence-electron chi connectivity index (χ4n) is 5.36. The lowest BCUT2D eigenvalue weighted by Crippen LogP contribution is -2.32. The van der Waals surface area contributed by atoms with Gasteiger partial charge < -0.3 is 15.4 Å². The van der Waals surface area contributed by atoms with E-state index in [4.69, 9.17) is 4.74 Å². The molecule has 0 aliphatic heterocycles. The van der Waals surface area contributed by atoms with Gasteiger partial charge >= 0.3 is 12.4 Å². The lowest BCUT2D eigenvalue weighted by atomic mass is 9.82. The molecule has 1 aliphatic carbocycles. The average molecular weight is 668 g/mol. The van der Waals surface area contributed by atoms with Crippen LogP contribution < -0.4 is 20.1 Å². The number of hydrogen-bond acceptors (Lipinski definition) is 7. The first-order valence-electron chi connectivity index (χ1n) is 14.4. The van der Waals surface area contributed by atoms with Gasteiger partial charge in [0.1, 0.15) is 11.6 Å². The lowest BCUT2D eigenvalue weighted by molar-refractivity contribution is -0.143. The summed E-state index contributed by atoms with van der Waals surface area (Å²) < 4.78 is 112. The maximum atomic E-state index is 13.2. The van der Waals surface area contributed by atoms with Crippen LogP contribution in [0.1, 0.15) is 36.8 Å². The third-order valence-corrected chi connectivity index (χ3v) is 9.29. The molecule has 4 aromatic rings. The van der Waals surface area contributed by atoms with Crippen LogP contribution in [0.2, 0.25) is 0 Å². The highest BCUT2D eigenvalue weighted by atomic mass is 32.2. The minimum atomic E-state index is -5.15. The number of methoxy groups -OCH3 is 1. The Balaban J connectivity index is 1.19. The van der Waals surface area contributed by atoms with Crippen molar-refractivity contribution in [2.75, 3.05) is 30.8 Å². The number of aromatic nitrogens is 2. The van der Waals surface area contributed by atoms with Crippen molar-refractivity contribution < 1.29 is 39.5 Å². The number of hydrogen-bond donors (Lipinski definition) is 3.